The van der Waals surface area contributed by atoms with Crippen LogP contribution in [0.15, 0.2) is 6.20 Å². The van der Waals surface area contributed by atoms with Crippen LogP contribution in [0.3, 0.4) is 0 Å². The molecule has 1 fully saturated rings. The van der Waals surface area contributed by atoms with Crippen LogP contribution in [0.25, 0.3) is 0 Å². The third kappa shape index (κ3) is 4.28. The fourth-order valence-electron chi connectivity index (χ4n) is 2.45. The molecule has 138 valence electrons. The maximum absolute atomic E-state index is 14.6. The van der Waals surface area contributed by atoms with Crippen LogP contribution >= 0.6 is 0 Å². The van der Waals surface area contributed by atoms with Gasteiger partial charge in [0.25, 0.3) is 0 Å². The number of methoxy groups -OCH3 is 1. The third-order valence-electron chi connectivity index (χ3n) is 3.65. The van der Waals surface area contributed by atoms with Crippen LogP contribution < -0.4 is 10.6 Å². The molecule has 0 spiro atoms. The maximum atomic E-state index is 14.6. The second kappa shape index (κ2) is 7.12. The monoisotopic (exact) mass is 354 g/mol. The fourth-order valence-corrected chi connectivity index (χ4v) is 2.45. The van der Waals surface area contributed by atoms with E-state index in [1.165, 1.54) is 6.20 Å². The molecule has 2 heterocycles. The van der Waals surface area contributed by atoms with Gasteiger partial charge in [0, 0.05) is 26.2 Å². The number of hydrogen-bond acceptors (Lipinski definition) is 7. The van der Waals surface area contributed by atoms with Crippen molar-refractivity contribution in [2.45, 2.75) is 26.4 Å². The Balaban J connectivity index is 2.11. The number of piperazine rings is 1. The Kier molecular flexibility index (Phi) is 5.34. The Morgan fingerprint density at radius 1 is 1.24 bits per heavy atom. The van der Waals surface area contributed by atoms with Crippen LogP contribution in [0.4, 0.5) is 20.7 Å². The molecular formula is C16H23FN4O4. The lowest BCUT2D eigenvalue weighted by atomic mass is 10.2. The topological polar surface area (TPSA) is 98.0 Å². The van der Waals surface area contributed by atoms with E-state index in [0.717, 1.165) is 7.11 Å². The minimum atomic E-state index is -0.856. The summed E-state index contributed by atoms with van der Waals surface area (Å²) in [5.41, 5.74) is 4.64. The van der Waals surface area contributed by atoms with E-state index in [-0.39, 0.29) is 17.1 Å². The van der Waals surface area contributed by atoms with E-state index in [1.807, 2.05) is 0 Å². The number of ether oxygens (including phenoxy) is 2. The predicted molar refractivity (Wildman–Crippen MR) is 90.0 cm³/mol. The number of hydrogen-bond donors (Lipinski definition) is 1. The van der Waals surface area contributed by atoms with Gasteiger partial charge in [-0.25, -0.2) is 19.0 Å². The van der Waals surface area contributed by atoms with Gasteiger partial charge in [0.2, 0.25) is 0 Å². The number of anilines is 2. The van der Waals surface area contributed by atoms with E-state index in [2.05, 4.69) is 9.72 Å². The number of aromatic nitrogens is 1. The summed E-state index contributed by atoms with van der Waals surface area (Å²) in [4.78, 5) is 31.0. The molecule has 0 aromatic carbocycles. The molecule has 1 aromatic rings. The molecule has 1 aromatic heterocycles. The molecule has 1 aliphatic rings. The molecule has 8 nitrogen and oxygen atoms in total. The van der Waals surface area contributed by atoms with Gasteiger partial charge >= 0.3 is 12.1 Å². The number of halogens is 1. The van der Waals surface area contributed by atoms with Crippen LogP contribution in [-0.4, -0.2) is 60.8 Å². The van der Waals surface area contributed by atoms with Crippen molar-refractivity contribution >= 4 is 23.6 Å². The first-order valence-corrected chi connectivity index (χ1v) is 7.89. The van der Waals surface area contributed by atoms with E-state index in [1.54, 1.807) is 30.6 Å². The van der Waals surface area contributed by atoms with Crippen molar-refractivity contribution in [3.05, 3.63) is 17.6 Å². The molecule has 1 saturated heterocycles. The number of nitrogens with two attached hydrogens (primary N) is 1. The summed E-state index contributed by atoms with van der Waals surface area (Å²) >= 11 is 0. The van der Waals surface area contributed by atoms with Crippen molar-refractivity contribution in [2.75, 3.05) is 43.9 Å². The molecule has 0 bridgehead atoms. The molecule has 25 heavy (non-hydrogen) atoms. The third-order valence-corrected chi connectivity index (χ3v) is 3.65. The van der Waals surface area contributed by atoms with Gasteiger partial charge < -0.3 is 25.0 Å². The van der Waals surface area contributed by atoms with Crippen molar-refractivity contribution in [1.82, 2.24) is 9.88 Å². The largest absolute Gasteiger partial charge is 0.465 e. The molecule has 1 amide bonds. The van der Waals surface area contributed by atoms with Crippen molar-refractivity contribution in [2.24, 2.45) is 0 Å². The molecule has 2 rings (SSSR count). The van der Waals surface area contributed by atoms with Crippen LogP contribution in [0.5, 0.6) is 0 Å². The second-order valence-electron chi connectivity index (χ2n) is 6.67. The van der Waals surface area contributed by atoms with Crippen LogP contribution in [0.1, 0.15) is 31.1 Å². The van der Waals surface area contributed by atoms with Gasteiger partial charge in [0.05, 0.1) is 19.0 Å². The molecule has 1 aliphatic heterocycles. The quantitative estimate of drug-likeness (QED) is 0.806. The van der Waals surface area contributed by atoms with Gasteiger partial charge in [-0.2, -0.15) is 0 Å². The lowest BCUT2D eigenvalue weighted by Gasteiger charge is -2.36. The van der Waals surface area contributed by atoms with E-state index in [0.29, 0.717) is 26.2 Å². The first-order valence-electron chi connectivity index (χ1n) is 7.89. The molecule has 0 atom stereocenters. The highest BCUT2D eigenvalue weighted by molar-refractivity contribution is 5.96. The highest BCUT2D eigenvalue weighted by Gasteiger charge is 2.29. The fraction of sp³-hybridized carbons (Fsp3) is 0.562. The summed E-state index contributed by atoms with van der Waals surface area (Å²) in [6.45, 7) is 6.80. The van der Waals surface area contributed by atoms with Crippen LogP contribution in [-0.2, 0) is 9.47 Å². The average molecular weight is 354 g/mol. The molecule has 0 radical (unpaired) electrons. The van der Waals surface area contributed by atoms with Crippen molar-refractivity contribution in [1.29, 1.82) is 0 Å². The van der Waals surface area contributed by atoms with Gasteiger partial charge in [0.15, 0.2) is 11.6 Å². The Morgan fingerprint density at radius 3 is 2.36 bits per heavy atom. The predicted octanol–water partition coefficient (Wildman–Crippen LogP) is 1.65. The van der Waals surface area contributed by atoms with Gasteiger partial charge in [-0.05, 0) is 20.8 Å². The Bertz CT molecular complexity index is 667. The van der Waals surface area contributed by atoms with Crippen LogP contribution in [0, 0.1) is 5.82 Å². The summed E-state index contributed by atoms with van der Waals surface area (Å²) in [7, 11) is 1.15. The van der Waals surface area contributed by atoms with Crippen molar-refractivity contribution < 1.29 is 23.5 Å². The minimum Gasteiger partial charge on any atom is -0.465 e. The van der Waals surface area contributed by atoms with Gasteiger partial charge in [0.1, 0.15) is 11.2 Å². The average Bonchev–Trinajstić information content (AvgIpc) is 2.53. The van der Waals surface area contributed by atoms with E-state index < -0.39 is 23.5 Å². The minimum absolute atomic E-state index is 0.0124. The number of pyridine rings is 1. The molecule has 0 saturated carbocycles. The molecular weight excluding hydrogens is 331 g/mol. The Hall–Kier alpha value is -2.58. The Morgan fingerprint density at radius 2 is 1.84 bits per heavy atom. The van der Waals surface area contributed by atoms with Crippen molar-refractivity contribution in [3.8, 4) is 0 Å². The number of carbonyl (C=O) groups excluding carboxylic acids is 2. The van der Waals surface area contributed by atoms with Gasteiger partial charge in [-0.15, -0.1) is 0 Å². The summed E-state index contributed by atoms with van der Waals surface area (Å²) in [5.74, 6) is -1.66. The van der Waals surface area contributed by atoms with Gasteiger partial charge in [-0.1, -0.05) is 0 Å². The smallest absolute Gasteiger partial charge is 0.410 e. The number of rotatable bonds is 2. The van der Waals surface area contributed by atoms with E-state index >= 15 is 0 Å². The lowest BCUT2D eigenvalue weighted by Crippen LogP contribution is -2.50. The second-order valence-corrected chi connectivity index (χ2v) is 6.67. The highest BCUT2D eigenvalue weighted by Crippen LogP contribution is 2.26. The highest BCUT2D eigenvalue weighted by atomic mass is 19.1. The zero-order chi connectivity index (χ0) is 18.8. The lowest BCUT2D eigenvalue weighted by molar-refractivity contribution is 0.0240. The van der Waals surface area contributed by atoms with E-state index in [4.69, 9.17) is 10.5 Å². The summed E-state index contributed by atoms with van der Waals surface area (Å²) in [6.07, 6.45) is 0.818. The number of carbonyl (C=O) groups is 2. The Labute approximate surface area is 145 Å². The van der Waals surface area contributed by atoms with Gasteiger partial charge in [-0.3, -0.25) is 0 Å². The number of nitrogens with zero attached hydrogens (tertiary/aromatic N) is 3. The number of nitrogen functional groups attached to an aromatic ring is 1. The summed E-state index contributed by atoms with van der Waals surface area (Å²) < 4.78 is 24.5. The van der Waals surface area contributed by atoms with Crippen molar-refractivity contribution in [3.63, 3.8) is 0 Å². The normalized spacial score (nSPS) is 15.1. The number of esters is 1. The molecule has 0 aliphatic carbocycles. The molecule has 0 unspecified atom stereocenters. The maximum Gasteiger partial charge on any atom is 0.410 e. The molecule has 9 heteroatoms. The zero-order valence-electron chi connectivity index (χ0n) is 14.8. The van der Waals surface area contributed by atoms with E-state index in [9.17, 15) is 14.0 Å². The first kappa shape index (κ1) is 18.8. The standard InChI is InChI=1S/C16H23FN4O4/c1-16(2,3)25-15(23)21-7-5-20(6-8-21)13-12(17)11(14(22)24-4)10(18)9-19-13/h9H,5-8,18H2,1-4H3. The zero-order valence-corrected chi connectivity index (χ0v) is 14.8. The SMILES string of the molecule is COC(=O)c1c(N)cnc(N2CCN(C(=O)OC(C)(C)C)CC2)c1F. The number of amides is 1. The molecule has 2 N–H and O–H groups in total. The first-order chi connectivity index (χ1) is 11.6. The summed E-state index contributed by atoms with van der Waals surface area (Å²) in [5, 5.41) is 0. The summed E-state index contributed by atoms with van der Waals surface area (Å²) in [6, 6.07) is 0. The van der Waals surface area contributed by atoms with Crippen LogP contribution in [0.2, 0.25) is 0 Å².